The lowest BCUT2D eigenvalue weighted by molar-refractivity contribution is -0.148. The molecule has 21 heavy (non-hydrogen) atoms. The van der Waals surface area contributed by atoms with Crippen LogP contribution in [0.1, 0.15) is 29.9 Å². The average Bonchev–Trinajstić information content (AvgIpc) is 2.97. The van der Waals surface area contributed by atoms with Crippen molar-refractivity contribution >= 4 is 29.1 Å². The van der Waals surface area contributed by atoms with Crippen molar-refractivity contribution in [1.82, 2.24) is 10.2 Å². The van der Waals surface area contributed by atoms with Crippen molar-refractivity contribution in [3.63, 3.8) is 0 Å². The van der Waals surface area contributed by atoms with E-state index in [4.69, 9.17) is 0 Å². The van der Waals surface area contributed by atoms with E-state index in [9.17, 15) is 14.4 Å². The zero-order valence-corrected chi connectivity index (χ0v) is 13.2. The molecular weight excluding hydrogens is 292 g/mol. The molecule has 0 atom stereocenters. The van der Waals surface area contributed by atoms with Gasteiger partial charge in [-0.3, -0.25) is 14.4 Å². The van der Waals surface area contributed by atoms with Gasteiger partial charge in [-0.2, -0.15) is 0 Å². The molecule has 1 heterocycles. The largest absolute Gasteiger partial charge is 0.468 e. The molecule has 0 unspecified atom stereocenters. The number of hydrogen-bond donors (Lipinski definition) is 1. The number of rotatable bonds is 7. The molecule has 0 spiro atoms. The lowest BCUT2D eigenvalue weighted by atomic mass is 10.2. The molecule has 0 aliphatic carbocycles. The molecule has 0 aliphatic rings. The molecule has 2 amide bonds. The van der Waals surface area contributed by atoms with Crippen molar-refractivity contribution < 1.29 is 19.1 Å². The predicted octanol–water partition coefficient (Wildman–Crippen LogP) is 1.28. The molecule has 0 saturated carbocycles. The van der Waals surface area contributed by atoms with Gasteiger partial charge >= 0.3 is 5.97 Å². The van der Waals surface area contributed by atoms with E-state index >= 15 is 0 Å². The second-order valence-corrected chi connectivity index (χ2v) is 5.62. The Bertz CT molecular complexity index is 485. The Balaban J connectivity index is 2.43. The molecule has 0 aromatic carbocycles. The van der Waals surface area contributed by atoms with Gasteiger partial charge in [0, 0.05) is 19.0 Å². The molecule has 0 radical (unpaired) electrons. The number of nitrogens with one attached hydrogen (secondary N) is 1. The number of esters is 1. The van der Waals surface area contributed by atoms with E-state index < -0.39 is 5.97 Å². The SMILES string of the molecule is COC(=O)CN(C(=O)CCNC(=O)c1cccs1)C(C)C. The second-order valence-electron chi connectivity index (χ2n) is 4.67. The normalized spacial score (nSPS) is 10.3. The van der Waals surface area contributed by atoms with Gasteiger partial charge in [0.25, 0.3) is 5.91 Å². The van der Waals surface area contributed by atoms with Gasteiger partial charge in [0.2, 0.25) is 5.91 Å². The minimum Gasteiger partial charge on any atom is -0.468 e. The molecule has 1 N–H and O–H groups in total. The van der Waals surface area contributed by atoms with Crippen LogP contribution in [0.5, 0.6) is 0 Å². The van der Waals surface area contributed by atoms with Crippen molar-refractivity contribution in [2.75, 3.05) is 20.2 Å². The van der Waals surface area contributed by atoms with Crippen LogP contribution in [-0.2, 0) is 14.3 Å². The summed E-state index contributed by atoms with van der Waals surface area (Å²) in [5, 5.41) is 4.50. The lowest BCUT2D eigenvalue weighted by Gasteiger charge is -2.25. The van der Waals surface area contributed by atoms with Gasteiger partial charge in [-0.25, -0.2) is 0 Å². The molecule has 0 aliphatic heterocycles. The fraction of sp³-hybridized carbons (Fsp3) is 0.500. The summed E-state index contributed by atoms with van der Waals surface area (Å²) >= 11 is 1.34. The first-order valence-electron chi connectivity index (χ1n) is 6.63. The number of carbonyl (C=O) groups is 3. The number of carbonyl (C=O) groups excluding carboxylic acids is 3. The van der Waals surface area contributed by atoms with Crippen molar-refractivity contribution in [2.45, 2.75) is 26.3 Å². The molecule has 0 fully saturated rings. The predicted molar refractivity (Wildman–Crippen MR) is 80.1 cm³/mol. The molecule has 1 aromatic rings. The first-order valence-corrected chi connectivity index (χ1v) is 7.51. The minimum atomic E-state index is -0.459. The monoisotopic (exact) mass is 312 g/mol. The van der Waals surface area contributed by atoms with E-state index in [1.165, 1.54) is 23.3 Å². The summed E-state index contributed by atoms with van der Waals surface area (Å²) in [6, 6.07) is 3.41. The van der Waals surface area contributed by atoms with Crippen LogP contribution in [0.25, 0.3) is 0 Å². The van der Waals surface area contributed by atoms with Crippen LogP contribution in [0.3, 0.4) is 0 Å². The zero-order valence-electron chi connectivity index (χ0n) is 12.4. The zero-order chi connectivity index (χ0) is 15.8. The Morgan fingerprint density at radius 1 is 1.38 bits per heavy atom. The van der Waals surface area contributed by atoms with Gasteiger partial charge < -0.3 is 15.0 Å². The number of nitrogens with zero attached hydrogens (tertiary/aromatic N) is 1. The molecule has 1 rings (SSSR count). The van der Waals surface area contributed by atoms with E-state index in [0.717, 1.165) is 0 Å². The average molecular weight is 312 g/mol. The van der Waals surface area contributed by atoms with Crippen LogP contribution in [0.15, 0.2) is 17.5 Å². The van der Waals surface area contributed by atoms with Crippen molar-refractivity contribution in [2.24, 2.45) is 0 Å². The van der Waals surface area contributed by atoms with Crippen LogP contribution in [0.4, 0.5) is 0 Å². The van der Waals surface area contributed by atoms with Crippen LogP contribution in [0, 0.1) is 0 Å². The standard InChI is InChI=1S/C14H20N2O4S/c1-10(2)16(9-13(18)20-3)12(17)6-7-15-14(19)11-5-4-8-21-11/h4-5,8,10H,6-7,9H2,1-3H3,(H,15,19). The van der Waals surface area contributed by atoms with Gasteiger partial charge in [-0.05, 0) is 25.3 Å². The van der Waals surface area contributed by atoms with Crippen molar-refractivity contribution in [3.8, 4) is 0 Å². The number of thiophene rings is 1. The molecule has 1 aromatic heterocycles. The van der Waals surface area contributed by atoms with E-state index in [0.29, 0.717) is 4.88 Å². The summed E-state index contributed by atoms with van der Waals surface area (Å²) in [7, 11) is 1.28. The van der Waals surface area contributed by atoms with E-state index in [1.807, 2.05) is 19.2 Å². The molecule has 6 nitrogen and oxygen atoms in total. The molecular formula is C14H20N2O4S. The van der Waals surface area contributed by atoms with Gasteiger partial charge in [0.1, 0.15) is 6.54 Å². The second kappa shape index (κ2) is 8.41. The Morgan fingerprint density at radius 2 is 2.10 bits per heavy atom. The van der Waals surface area contributed by atoms with Gasteiger partial charge in [-0.15, -0.1) is 11.3 Å². The first-order chi connectivity index (χ1) is 9.95. The number of methoxy groups -OCH3 is 1. The number of amides is 2. The third-order valence-electron chi connectivity index (χ3n) is 2.84. The van der Waals surface area contributed by atoms with Gasteiger partial charge in [0.15, 0.2) is 0 Å². The highest BCUT2D eigenvalue weighted by Crippen LogP contribution is 2.08. The molecule has 0 bridgehead atoms. The summed E-state index contributed by atoms with van der Waals surface area (Å²) in [6.45, 7) is 3.81. The van der Waals surface area contributed by atoms with E-state index in [-0.39, 0.29) is 37.4 Å². The Kier molecular flexibility index (Phi) is 6.87. The Labute approximate surface area is 128 Å². The maximum absolute atomic E-state index is 12.1. The van der Waals surface area contributed by atoms with E-state index in [2.05, 4.69) is 10.1 Å². The van der Waals surface area contributed by atoms with Gasteiger partial charge in [-0.1, -0.05) is 6.07 Å². The summed E-state index contributed by atoms with van der Waals surface area (Å²) in [5.41, 5.74) is 0. The van der Waals surface area contributed by atoms with Crippen molar-refractivity contribution in [1.29, 1.82) is 0 Å². The fourth-order valence-electron chi connectivity index (χ4n) is 1.68. The summed E-state index contributed by atoms with van der Waals surface area (Å²) in [5.74, 6) is -0.844. The highest BCUT2D eigenvalue weighted by atomic mass is 32.1. The lowest BCUT2D eigenvalue weighted by Crippen LogP contribution is -2.42. The maximum Gasteiger partial charge on any atom is 0.325 e. The third kappa shape index (κ3) is 5.55. The van der Waals surface area contributed by atoms with Crippen molar-refractivity contribution in [3.05, 3.63) is 22.4 Å². The Morgan fingerprint density at radius 3 is 2.62 bits per heavy atom. The number of ether oxygens (including phenoxy) is 1. The van der Waals surface area contributed by atoms with E-state index in [1.54, 1.807) is 12.1 Å². The topological polar surface area (TPSA) is 75.7 Å². The minimum absolute atomic E-state index is 0.0775. The first kappa shape index (κ1) is 17.2. The Hall–Kier alpha value is -1.89. The fourth-order valence-corrected chi connectivity index (χ4v) is 2.32. The molecule has 0 saturated heterocycles. The third-order valence-corrected chi connectivity index (χ3v) is 3.71. The molecule has 116 valence electrons. The van der Waals surface area contributed by atoms with Crippen LogP contribution < -0.4 is 5.32 Å². The van der Waals surface area contributed by atoms with Crippen LogP contribution in [0.2, 0.25) is 0 Å². The number of hydrogen-bond acceptors (Lipinski definition) is 5. The van der Waals surface area contributed by atoms with Crippen LogP contribution in [-0.4, -0.2) is 48.9 Å². The smallest absolute Gasteiger partial charge is 0.325 e. The molecule has 7 heteroatoms. The summed E-state index contributed by atoms with van der Waals surface area (Å²) in [6.07, 6.45) is 0.145. The highest BCUT2D eigenvalue weighted by Gasteiger charge is 2.20. The van der Waals surface area contributed by atoms with Crippen LogP contribution >= 0.6 is 11.3 Å². The van der Waals surface area contributed by atoms with Gasteiger partial charge in [0.05, 0.1) is 12.0 Å². The quantitative estimate of drug-likeness (QED) is 0.770. The highest BCUT2D eigenvalue weighted by molar-refractivity contribution is 7.12. The summed E-state index contributed by atoms with van der Waals surface area (Å²) in [4.78, 5) is 37.1. The maximum atomic E-state index is 12.1. The summed E-state index contributed by atoms with van der Waals surface area (Å²) < 4.78 is 4.57.